The average Bonchev–Trinajstić information content (AvgIpc) is 2.56. The van der Waals surface area contributed by atoms with Crippen molar-refractivity contribution in [1.29, 1.82) is 0 Å². The Labute approximate surface area is 106 Å². The maximum Gasteiger partial charge on any atom is 0.139 e. The third-order valence-corrected chi connectivity index (χ3v) is 4.77. The molecule has 0 aromatic rings. The fraction of sp³-hybridized carbons (Fsp3) is 0.938. The van der Waals surface area contributed by atoms with E-state index in [4.69, 9.17) is 0 Å². The van der Waals surface area contributed by atoms with Crippen LogP contribution in [0.15, 0.2) is 0 Å². The second-order valence-corrected chi connectivity index (χ2v) is 6.13. The lowest BCUT2D eigenvalue weighted by Crippen LogP contribution is -2.24. The smallest absolute Gasteiger partial charge is 0.139 e. The normalized spacial score (nSPS) is 25.9. The van der Waals surface area contributed by atoms with E-state index in [1.54, 1.807) is 0 Å². The van der Waals surface area contributed by atoms with Crippen LogP contribution < -0.4 is 0 Å². The summed E-state index contributed by atoms with van der Waals surface area (Å²) in [7, 11) is 0. The van der Waals surface area contributed by atoms with Crippen LogP contribution in [0.25, 0.3) is 0 Å². The molecule has 1 nitrogen and oxygen atoms in total. The highest BCUT2D eigenvalue weighted by atomic mass is 16.1. The Balaban J connectivity index is 1.86. The minimum absolute atomic E-state index is 0.429. The summed E-state index contributed by atoms with van der Waals surface area (Å²) in [5.74, 6) is 1.51. The second kappa shape index (κ2) is 7.18. The van der Waals surface area contributed by atoms with Crippen LogP contribution in [-0.4, -0.2) is 5.78 Å². The van der Waals surface area contributed by atoms with Crippen LogP contribution in [0.2, 0.25) is 0 Å². The molecule has 0 aromatic heterocycles. The fourth-order valence-corrected chi connectivity index (χ4v) is 3.64. The van der Waals surface area contributed by atoms with E-state index in [1.165, 1.54) is 83.5 Å². The van der Waals surface area contributed by atoms with Gasteiger partial charge in [-0.1, -0.05) is 57.8 Å². The topological polar surface area (TPSA) is 17.1 Å². The van der Waals surface area contributed by atoms with Gasteiger partial charge in [0.15, 0.2) is 0 Å². The van der Waals surface area contributed by atoms with Crippen LogP contribution >= 0.6 is 0 Å². The molecule has 2 aliphatic carbocycles. The number of carbonyl (C=O) groups excluding carboxylic acids is 1. The van der Waals surface area contributed by atoms with Gasteiger partial charge in [0.05, 0.1) is 0 Å². The van der Waals surface area contributed by atoms with Crippen molar-refractivity contribution in [3.63, 3.8) is 0 Å². The van der Waals surface area contributed by atoms with Gasteiger partial charge in [-0.2, -0.15) is 0 Å². The van der Waals surface area contributed by atoms with Gasteiger partial charge in [-0.15, -0.1) is 0 Å². The standard InChI is InChI=1S/C16H28O/c17-16(15-12-8-4-5-9-13-15)14-10-6-2-1-3-7-11-14/h14-15H,1-13H2. The van der Waals surface area contributed by atoms with E-state index < -0.39 is 0 Å². The first-order chi connectivity index (χ1) is 8.38. The van der Waals surface area contributed by atoms with Crippen LogP contribution in [0.4, 0.5) is 0 Å². The van der Waals surface area contributed by atoms with E-state index in [-0.39, 0.29) is 0 Å². The fourth-order valence-electron chi connectivity index (χ4n) is 3.64. The van der Waals surface area contributed by atoms with Crippen LogP contribution in [0.3, 0.4) is 0 Å². The van der Waals surface area contributed by atoms with Gasteiger partial charge in [0.2, 0.25) is 0 Å². The molecule has 17 heavy (non-hydrogen) atoms. The minimum Gasteiger partial charge on any atom is -0.299 e. The van der Waals surface area contributed by atoms with Gasteiger partial charge in [0, 0.05) is 11.8 Å². The van der Waals surface area contributed by atoms with Gasteiger partial charge in [0.25, 0.3) is 0 Å². The van der Waals surface area contributed by atoms with Crippen molar-refractivity contribution in [1.82, 2.24) is 0 Å². The summed E-state index contributed by atoms with van der Waals surface area (Å²) in [4.78, 5) is 12.6. The van der Waals surface area contributed by atoms with Crippen molar-refractivity contribution < 1.29 is 4.79 Å². The third kappa shape index (κ3) is 4.12. The van der Waals surface area contributed by atoms with Crippen LogP contribution in [0.5, 0.6) is 0 Å². The van der Waals surface area contributed by atoms with E-state index in [9.17, 15) is 4.79 Å². The highest BCUT2D eigenvalue weighted by Crippen LogP contribution is 2.31. The number of rotatable bonds is 2. The lowest BCUT2D eigenvalue weighted by Gasteiger charge is -2.23. The summed E-state index contributed by atoms with van der Waals surface area (Å²) in [5, 5.41) is 0. The number of Topliss-reactive ketones (excluding diaryl/α,β-unsaturated/α-hetero) is 1. The minimum atomic E-state index is 0.429. The molecule has 0 saturated heterocycles. The Kier molecular flexibility index (Phi) is 5.54. The summed E-state index contributed by atoms with van der Waals surface area (Å²) in [5.41, 5.74) is 0. The predicted molar refractivity (Wildman–Crippen MR) is 72.0 cm³/mol. The largest absolute Gasteiger partial charge is 0.299 e. The predicted octanol–water partition coefficient (Wildman–Crippen LogP) is 4.89. The van der Waals surface area contributed by atoms with E-state index in [2.05, 4.69) is 0 Å². The Morgan fingerprint density at radius 3 is 1.18 bits per heavy atom. The summed E-state index contributed by atoms with van der Waals surface area (Å²) in [6.45, 7) is 0. The number of ketones is 1. The molecule has 0 heterocycles. The quantitative estimate of drug-likeness (QED) is 0.624. The van der Waals surface area contributed by atoms with Gasteiger partial charge in [-0.25, -0.2) is 0 Å². The number of hydrogen-bond donors (Lipinski definition) is 0. The van der Waals surface area contributed by atoms with Crippen LogP contribution in [0.1, 0.15) is 83.5 Å². The van der Waals surface area contributed by atoms with Gasteiger partial charge in [-0.3, -0.25) is 4.79 Å². The number of hydrogen-bond acceptors (Lipinski definition) is 1. The summed E-state index contributed by atoms with van der Waals surface area (Å²) >= 11 is 0. The molecular weight excluding hydrogens is 208 g/mol. The molecule has 0 bridgehead atoms. The third-order valence-electron chi connectivity index (χ3n) is 4.77. The molecule has 2 saturated carbocycles. The Hall–Kier alpha value is -0.330. The highest BCUT2D eigenvalue weighted by Gasteiger charge is 2.27. The molecule has 0 aromatic carbocycles. The van der Waals surface area contributed by atoms with Crippen molar-refractivity contribution in [2.24, 2.45) is 11.8 Å². The lowest BCUT2D eigenvalue weighted by atomic mass is 9.81. The van der Waals surface area contributed by atoms with E-state index in [1.807, 2.05) is 0 Å². The molecule has 0 atom stereocenters. The van der Waals surface area contributed by atoms with Crippen molar-refractivity contribution in [2.75, 3.05) is 0 Å². The molecule has 0 spiro atoms. The van der Waals surface area contributed by atoms with Gasteiger partial charge < -0.3 is 0 Å². The molecule has 2 rings (SSSR count). The molecule has 0 amide bonds. The maximum atomic E-state index is 12.6. The maximum absolute atomic E-state index is 12.6. The molecule has 2 fully saturated rings. The molecule has 1 heteroatoms. The van der Waals surface area contributed by atoms with E-state index in [0.717, 1.165) is 0 Å². The molecular formula is C16H28O. The van der Waals surface area contributed by atoms with E-state index in [0.29, 0.717) is 17.6 Å². The summed E-state index contributed by atoms with van der Waals surface area (Å²) in [6.07, 6.45) is 16.8. The Bertz CT molecular complexity index is 218. The summed E-state index contributed by atoms with van der Waals surface area (Å²) in [6, 6.07) is 0. The monoisotopic (exact) mass is 236 g/mol. The zero-order valence-corrected chi connectivity index (χ0v) is 11.3. The molecule has 0 N–H and O–H groups in total. The van der Waals surface area contributed by atoms with E-state index >= 15 is 0 Å². The molecule has 0 unspecified atom stereocenters. The molecule has 98 valence electrons. The lowest BCUT2D eigenvalue weighted by molar-refractivity contribution is -0.127. The first-order valence-electron chi connectivity index (χ1n) is 7.91. The molecule has 2 aliphatic rings. The summed E-state index contributed by atoms with van der Waals surface area (Å²) < 4.78 is 0. The Morgan fingerprint density at radius 1 is 0.529 bits per heavy atom. The van der Waals surface area contributed by atoms with Gasteiger partial charge in [0.1, 0.15) is 5.78 Å². The zero-order valence-electron chi connectivity index (χ0n) is 11.3. The first-order valence-corrected chi connectivity index (χ1v) is 7.91. The van der Waals surface area contributed by atoms with Crippen LogP contribution in [-0.2, 0) is 4.79 Å². The highest BCUT2D eigenvalue weighted by molar-refractivity contribution is 5.83. The van der Waals surface area contributed by atoms with Crippen molar-refractivity contribution in [2.45, 2.75) is 83.5 Å². The first kappa shape index (κ1) is 13.1. The molecule has 0 radical (unpaired) electrons. The van der Waals surface area contributed by atoms with Gasteiger partial charge in [-0.05, 0) is 25.7 Å². The Morgan fingerprint density at radius 2 is 0.824 bits per heavy atom. The van der Waals surface area contributed by atoms with Crippen molar-refractivity contribution >= 4 is 5.78 Å². The average molecular weight is 236 g/mol. The van der Waals surface area contributed by atoms with Crippen molar-refractivity contribution in [3.05, 3.63) is 0 Å². The second-order valence-electron chi connectivity index (χ2n) is 6.13. The van der Waals surface area contributed by atoms with Crippen molar-refractivity contribution in [3.8, 4) is 0 Å². The molecule has 0 aliphatic heterocycles. The SMILES string of the molecule is O=C(C1CCCCCCC1)C1CCCCCC1. The number of carbonyl (C=O) groups is 1. The van der Waals surface area contributed by atoms with Crippen LogP contribution in [0, 0.1) is 11.8 Å². The van der Waals surface area contributed by atoms with Gasteiger partial charge >= 0.3 is 0 Å². The zero-order chi connectivity index (χ0) is 11.9.